The molecule has 0 aliphatic heterocycles. The summed E-state index contributed by atoms with van der Waals surface area (Å²) < 4.78 is 7.48. The van der Waals surface area contributed by atoms with Crippen LogP contribution in [0.2, 0.25) is 0 Å². The standard InChI is InChI=1S/C54H34N2S/c1-2-11-35(12-3-1)36-21-26-41(27-22-36)55-49-18-7-4-15-43(49)47-32-38(24-29-51(47)55)39-25-30-52-48(33-39)44-16-5-8-19-50(44)56(52)42-14-10-13-37(31-42)40-23-28-46-45-17-6-9-20-53(45)57-54(46)34-40/h1-34H. The molecule has 0 radical (unpaired) electrons. The lowest BCUT2D eigenvalue weighted by Gasteiger charge is -2.11. The zero-order valence-electron chi connectivity index (χ0n) is 30.9. The van der Waals surface area contributed by atoms with Crippen LogP contribution in [0.25, 0.3) is 109 Å². The number of hydrogen-bond acceptors (Lipinski definition) is 1. The van der Waals surface area contributed by atoms with Crippen molar-refractivity contribution in [3.8, 4) is 44.8 Å². The Kier molecular flexibility index (Phi) is 7.13. The average Bonchev–Trinajstić information content (AvgIpc) is 3.94. The molecule has 0 unspecified atom stereocenters. The third kappa shape index (κ3) is 5.10. The Hall–Kier alpha value is -7.20. The molecule has 2 nitrogen and oxygen atoms in total. The van der Waals surface area contributed by atoms with Crippen LogP contribution in [0.4, 0.5) is 0 Å². The highest BCUT2D eigenvalue weighted by Gasteiger charge is 2.17. The molecule has 9 aromatic carbocycles. The van der Waals surface area contributed by atoms with E-state index in [-0.39, 0.29) is 0 Å². The highest BCUT2D eigenvalue weighted by atomic mass is 32.1. The van der Waals surface area contributed by atoms with E-state index in [9.17, 15) is 0 Å². The van der Waals surface area contributed by atoms with Crippen LogP contribution in [-0.4, -0.2) is 9.13 Å². The van der Waals surface area contributed by atoms with Crippen LogP contribution < -0.4 is 0 Å². The number of hydrogen-bond donors (Lipinski definition) is 0. The molecule has 3 heteroatoms. The first-order valence-corrected chi connectivity index (χ1v) is 20.3. The summed E-state index contributed by atoms with van der Waals surface area (Å²) in [5.41, 5.74) is 14.5. The molecule has 12 aromatic rings. The molecule has 0 aliphatic rings. The molecule has 57 heavy (non-hydrogen) atoms. The van der Waals surface area contributed by atoms with Crippen molar-refractivity contribution in [3.63, 3.8) is 0 Å². The van der Waals surface area contributed by atoms with Crippen LogP contribution in [0.15, 0.2) is 206 Å². The molecule has 0 N–H and O–H groups in total. The summed E-state index contributed by atoms with van der Waals surface area (Å²) in [7, 11) is 0. The Bertz CT molecular complexity index is 3510. The Morgan fingerprint density at radius 1 is 0.246 bits per heavy atom. The largest absolute Gasteiger partial charge is 0.309 e. The van der Waals surface area contributed by atoms with Crippen molar-refractivity contribution in [1.82, 2.24) is 9.13 Å². The van der Waals surface area contributed by atoms with Crippen LogP contribution >= 0.6 is 11.3 Å². The van der Waals surface area contributed by atoms with Gasteiger partial charge in [0.15, 0.2) is 0 Å². The van der Waals surface area contributed by atoms with Crippen LogP contribution in [0.1, 0.15) is 0 Å². The zero-order chi connectivity index (χ0) is 37.5. The molecule has 0 bridgehead atoms. The molecule has 0 saturated carbocycles. The minimum Gasteiger partial charge on any atom is -0.309 e. The van der Waals surface area contributed by atoms with E-state index in [1.54, 1.807) is 0 Å². The highest BCUT2D eigenvalue weighted by Crippen LogP contribution is 2.40. The van der Waals surface area contributed by atoms with E-state index in [2.05, 4.69) is 215 Å². The van der Waals surface area contributed by atoms with E-state index in [0.717, 1.165) is 11.4 Å². The minimum atomic E-state index is 1.16. The molecular weight excluding hydrogens is 709 g/mol. The van der Waals surface area contributed by atoms with Crippen molar-refractivity contribution in [2.24, 2.45) is 0 Å². The van der Waals surface area contributed by atoms with Gasteiger partial charge in [0.1, 0.15) is 0 Å². The maximum absolute atomic E-state index is 2.43. The van der Waals surface area contributed by atoms with Crippen LogP contribution in [0.5, 0.6) is 0 Å². The van der Waals surface area contributed by atoms with Crippen molar-refractivity contribution < 1.29 is 0 Å². The lowest BCUT2D eigenvalue weighted by Crippen LogP contribution is -1.94. The van der Waals surface area contributed by atoms with Gasteiger partial charge in [0.05, 0.1) is 22.1 Å². The van der Waals surface area contributed by atoms with Crippen LogP contribution in [-0.2, 0) is 0 Å². The van der Waals surface area contributed by atoms with Gasteiger partial charge in [-0.2, -0.15) is 0 Å². The van der Waals surface area contributed by atoms with Crippen molar-refractivity contribution in [2.75, 3.05) is 0 Å². The van der Waals surface area contributed by atoms with Crippen LogP contribution in [0, 0.1) is 0 Å². The summed E-state index contributed by atoms with van der Waals surface area (Å²) in [6.07, 6.45) is 0. The Morgan fingerprint density at radius 3 is 1.42 bits per heavy atom. The van der Waals surface area contributed by atoms with Crippen molar-refractivity contribution in [2.45, 2.75) is 0 Å². The molecule has 0 atom stereocenters. The average molecular weight is 743 g/mol. The predicted molar refractivity (Wildman–Crippen MR) is 244 cm³/mol. The second-order valence-electron chi connectivity index (χ2n) is 14.9. The summed E-state index contributed by atoms with van der Waals surface area (Å²) in [4.78, 5) is 0. The van der Waals surface area contributed by atoms with Gasteiger partial charge in [-0.05, 0) is 106 Å². The van der Waals surface area contributed by atoms with Crippen molar-refractivity contribution >= 4 is 75.1 Å². The number of thiophene rings is 1. The number of fused-ring (bicyclic) bond motifs is 9. The van der Waals surface area contributed by atoms with E-state index < -0.39 is 0 Å². The molecule has 12 rings (SSSR count). The third-order valence-electron chi connectivity index (χ3n) is 11.7. The molecule has 0 aliphatic carbocycles. The van der Waals surface area contributed by atoms with E-state index in [1.165, 1.54) is 97.2 Å². The maximum Gasteiger partial charge on any atom is 0.0541 e. The predicted octanol–water partition coefficient (Wildman–Crippen LogP) is 15.2. The van der Waals surface area contributed by atoms with Gasteiger partial charge in [-0.25, -0.2) is 0 Å². The lowest BCUT2D eigenvalue weighted by atomic mass is 10.0. The summed E-state index contributed by atoms with van der Waals surface area (Å²) in [5, 5.41) is 7.67. The lowest BCUT2D eigenvalue weighted by molar-refractivity contribution is 1.18. The van der Waals surface area contributed by atoms with E-state index >= 15 is 0 Å². The van der Waals surface area contributed by atoms with Gasteiger partial charge in [-0.3, -0.25) is 0 Å². The molecule has 3 aromatic heterocycles. The Morgan fingerprint density at radius 2 is 0.719 bits per heavy atom. The van der Waals surface area contributed by atoms with Crippen molar-refractivity contribution in [3.05, 3.63) is 206 Å². The molecule has 266 valence electrons. The third-order valence-corrected chi connectivity index (χ3v) is 12.9. The van der Waals surface area contributed by atoms with Gasteiger partial charge in [-0.15, -0.1) is 11.3 Å². The number of para-hydroxylation sites is 2. The fourth-order valence-electron chi connectivity index (χ4n) is 9.02. The first kappa shape index (κ1) is 32.1. The quantitative estimate of drug-likeness (QED) is 0.166. The molecular formula is C54H34N2S. The fourth-order valence-corrected chi connectivity index (χ4v) is 10.2. The zero-order valence-corrected chi connectivity index (χ0v) is 31.7. The molecule has 0 spiro atoms. The fraction of sp³-hybridized carbons (Fsp3) is 0. The normalized spacial score (nSPS) is 11.9. The topological polar surface area (TPSA) is 9.86 Å². The van der Waals surface area contributed by atoms with Gasteiger partial charge in [0.25, 0.3) is 0 Å². The number of rotatable bonds is 5. The van der Waals surface area contributed by atoms with Gasteiger partial charge >= 0.3 is 0 Å². The van der Waals surface area contributed by atoms with E-state index in [1.807, 2.05) is 11.3 Å². The van der Waals surface area contributed by atoms with E-state index in [0.29, 0.717) is 0 Å². The first-order valence-electron chi connectivity index (χ1n) is 19.5. The minimum absolute atomic E-state index is 1.16. The molecule has 0 amide bonds. The highest BCUT2D eigenvalue weighted by molar-refractivity contribution is 7.25. The summed E-state index contributed by atoms with van der Waals surface area (Å²) in [6.45, 7) is 0. The van der Waals surface area contributed by atoms with Gasteiger partial charge < -0.3 is 9.13 Å². The summed E-state index contributed by atoms with van der Waals surface area (Å²) >= 11 is 1.87. The van der Waals surface area contributed by atoms with E-state index in [4.69, 9.17) is 0 Å². The monoisotopic (exact) mass is 742 g/mol. The SMILES string of the molecule is c1ccc(-c2ccc(-n3c4ccccc4c4cc(-c5ccc6c(c5)c5ccccc5n6-c5cccc(-c6ccc7c(c6)sc6ccccc67)c5)ccc43)cc2)cc1. The van der Waals surface area contributed by atoms with Gasteiger partial charge in [-0.1, -0.05) is 133 Å². The Labute approximate surface area is 333 Å². The molecule has 0 fully saturated rings. The van der Waals surface area contributed by atoms with Crippen LogP contribution in [0.3, 0.4) is 0 Å². The smallest absolute Gasteiger partial charge is 0.0541 e. The second kappa shape index (κ2) is 12.7. The second-order valence-corrected chi connectivity index (χ2v) is 16.0. The molecule has 3 heterocycles. The first-order chi connectivity index (χ1) is 28.2. The van der Waals surface area contributed by atoms with Crippen molar-refractivity contribution in [1.29, 1.82) is 0 Å². The maximum atomic E-state index is 2.43. The summed E-state index contributed by atoms with van der Waals surface area (Å²) in [6, 6.07) is 75.7. The van der Waals surface area contributed by atoms with Gasteiger partial charge in [0.2, 0.25) is 0 Å². The summed E-state index contributed by atoms with van der Waals surface area (Å²) in [5.74, 6) is 0. The number of aromatic nitrogens is 2. The van der Waals surface area contributed by atoms with Gasteiger partial charge in [0, 0.05) is 53.1 Å². The Balaban J connectivity index is 0.958. The molecule has 0 saturated heterocycles. The number of benzene rings is 9. The number of nitrogens with zero attached hydrogens (tertiary/aromatic N) is 2.